The Morgan fingerprint density at radius 2 is 1.90 bits per heavy atom. The predicted molar refractivity (Wildman–Crippen MR) is 92.1 cm³/mol. The van der Waals surface area contributed by atoms with Gasteiger partial charge < -0.3 is 10.5 Å². The van der Waals surface area contributed by atoms with E-state index in [1.807, 2.05) is 12.1 Å². The molecule has 2 nitrogen and oxygen atoms in total. The van der Waals surface area contributed by atoms with Crippen LogP contribution in [0.4, 0.5) is 0 Å². The minimum Gasteiger partial charge on any atom is -0.496 e. The molecule has 0 amide bonds. The quantitative estimate of drug-likeness (QED) is 0.871. The monoisotopic (exact) mass is 347 g/mol. The predicted octanol–water partition coefficient (Wildman–Crippen LogP) is 4.36. The number of benzene rings is 2. The summed E-state index contributed by atoms with van der Waals surface area (Å²) in [4.78, 5) is 0. The summed E-state index contributed by atoms with van der Waals surface area (Å²) in [6.45, 7) is 4.89. The fraction of sp³-hybridized carbons (Fsp3) is 0.333. The Hall–Kier alpha value is -1.32. The molecule has 0 aliphatic heterocycles. The van der Waals surface area contributed by atoms with Crippen LogP contribution in [0.25, 0.3) is 0 Å². The first-order valence-electron chi connectivity index (χ1n) is 7.14. The van der Waals surface area contributed by atoms with E-state index >= 15 is 0 Å². The molecule has 0 radical (unpaired) electrons. The fourth-order valence-electron chi connectivity index (χ4n) is 2.69. The van der Waals surface area contributed by atoms with Crippen LogP contribution < -0.4 is 10.5 Å². The fourth-order valence-corrected chi connectivity index (χ4v) is 3.10. The van der Waals surface area contributed by atoms with E-state index in [2.05, 4.69) is 54.0 Å². The van der Waals surface area contributed by atoms with Gasteiger partial charge in [0.15, 0.2) is 0 Å². The lowest BCUT2D eigenvalue weighted by Crippen LogP contribution is -2.16. The zero-order valence-electron chi connectivity index (χ0n) is 12.8. The molecule has 21 heavy (non-hydrogen) atoms. The second-order valence-electron chi connectivity index (χ2n) is 5.45. The van der Waals surface area contributed by atoms with Crippen LogP contribution in [0.3, 0.4) is 0 Å². The van der Waals surface area contributed by atoms with Gasteiger partial charge in [-0.2, -0.15) is 0 Å². The number of halogens is 1. The number of aryl methyl sites for hydroxylation is 2. The van der Waals surface area contributed by atoms with E-state index in [1.165, 1.54) is 22.3 Å². The maximum Gasteiger partial charge on any atom is 0.122 e. The van der Waals surface area contributed by atoms with Crippen LogP contribution in [0, 0.1) is 13.8 Å². The van der Waals surface area contributed by atoms with Gasteiger partial charge in [0, 0.05) is 10.4 Å². The van der Waals surface area contributed by atoms with Crippen molar-refractivity contribution in [2.24, 2.45) is 5.73 Å². The molecule has 0 bridgehead atoms. The first kappa shape index (κ1) is 16.1. The molecule has 1 atom stereocenters. The smallest absolute Gasteiger partial charge is 0.122 e. The zero-order valence-corrected chi connectivity index (χ0v) is 14.4. The van der Waals surface area contributed by atoms with Gasteiger partial charge in [-0.05, 0) is 61.7 Å². The van der Waals surface area contributed by atoms with E-state index in [9.17, 15) is 0 Å². The van der Waals surface area contributed by atoms with Gasteiger partial charge in [0.05, 0.1) is 7.11 Å². The molecule has 2 rings (SSSR count). The van der Waals surface area contributed by atoms with Gasteiger partial charge in [0.25, 0.3) is 0 Å². The molecule has 0 spiro atoms. The lowest BCUT2D eigenvalue weighted by atomic mass is 9.88. The minimum atomic E-state index is 0.299. The second kappa shape index (κ2) is 7.10. The maximum atomic E-state index is 6.05. The molecule has 0 heterocycles. The van der Waals surface area contributed by atoms with E-state index in [-0.39, 0.29) is 0 Å². The lowest BCUT2D eigenvalue weighted by molar-refractivity contribution is 0.408. The summed E-state index contributed by atoms with van der Waals surface area (Å²) in [5.74, 6) is 1.22. The molecule has 0 saturated carbocycles. The van der Waals surface area contributed by atoms with Crippen molar-refractivity contribution in [2.45, 2.75) is 26.2 Å². The number of rotatable bonds is 5. The SMILES string of the molecule is COc1ccc(Br)cc1CC(CN)c1cc(C)ccc1C. The first-order chi connectivity index (χ1) is 10.0. The van der Waals surface area contributed by atoms with Gasteiger partial charge in [-0.1, -0.05) is 39.7 Å². The average Bonchev–Trinajstić information content (AvgIpc) is 2.47. The topological polar surface area (TPSA) is 35.2 Å². The molecule has 0 aliphatic rings. The van der Waals surface area contributed by atoms with E-state index in [0.717, 1.165) is 16.6 Å². The van der Waals surface area contributed by atoms with Gasteiger partial charge in [0.2, 0.25) is 0 Å². The Morgan fingerprint density at radius 3 is 2.57 bits per heavy atom. The Kier molecular flexibility index (Phi) is 5.43. The highest BCUT2D eigenvalue weighted by atomic mass is 79.9. The van der Waals surface area contributed by atoms with E-state index in [0.29, 0.717) is 12.5 Å². The van der Waals surface area contributed by atoms with Crippen LogP contribution in [-0.2, 0) is 6.42 Å². The van der Waals surface area contributed by atoms with E-state index in [1.54, 1.807) is 7.11 Å². The van der Waals surface area contributed by atoms with Crippen molar-refractivity contribution in [3.8, 4) is 5.75 Å². The molecule has 112 valence electrons. The van der Waals surface area contributed by atoms with Gasteiger partial charge in [-0.25, -0.2) is 0 Å². The zero-order chi connectivity index (χ0) is 15.4. The number of nitrogens with two attached hydrogens (primary N) is 1. The Morgan fingerprint density at radius 1 is 1.14 bits per heavy atom. The normalized spacial score (nSPS) is 12.2. The largest absolute Gasteiger partial charge is 0.496 e. The number of ether oxygens (including phenoxy) is 1. The van der Waals surface area contributed by atoms with Crippen molar-refractivity contribution in [1.29, 1.82) is 0 Å². The summed E-state index contributed by atoms with van der Waals surface area (Å²) in [5, 5.41) is 0. The third-order valence-corrected chi connectivity index (χ3v) is 4.36. The van der Waals surface area contributed by atoms with Crippen molar-refractivity contribution < 1.29 is 4.74 Å². The second-order valence-corrected chi connectivity index (χ2v) is 6.37. The summed E-state index contributed by atoms with van der Waals surface area (Å²) < 4.78 is 6.54. The molecule has 0 aliphatic carbocycles. The maximum absolute atomic E-state index is 6.05. The number of hydrogen-bond donors (Lipinski definition) is 1. The van der Waals surface area contributed by atoms with Crippen molar-refractivity contribution in [3.63, 3.8) is 0 Å². The van der Waals surface area contributed by atoms with Gasteiger partial charge in [-0.15, -0.1) is 0 Å². The Labute approximate surface area is 135 Å². The van der Waals surface area contributed by atoms with Crippen LogP contribution in [0.2, 0.25) is 0 Å². The van der Waals surface area contributed by atoms with Crippen LogP contribution in [0.5, 0.6) is 5.75 Å². The summed E-state index contributed by atoms with van der Waals surface area (Å²) in [5.41, 5.74) is 11.1. The number of hydrogen-bond acceptors (Lipinski definition) is 2. The molecular weight excluding hydrogens is 326 g/mol. The standard InChI is InChI=1S/C18H22BrNO/c1-12-4-5-13(2)17(8-12)15(11-20)9-14-10-16(19)6-7-18(14)21-3/h4-8,10,15H,9,11,20H2,1-3H3. The van der Waals surface area contributed by atoms with Crippen molar-refractivity contribution in [3.05, 3.63) is 63.1 Å². The van der Waals surface area contributed by atoms with Crippen LogP contribution >= 0.6 is 15.9 Å². The highest BCUT2D eigenvalue weighted by Crippen LogP contribution is 2.30. The third kappa shape index (κ3) is 3.86. The molecular formula is C18H22BrNO. The van der Waals surface area contributed by atoms with Crippen LogP contribution in [-0.4, -0.2) is 13.7 Å². The Balaban J connectivity index is 2.35. The molecule has 1 unspecified atom stereocenters. The summed E-state index contributed by atoms with van der Waals surface area (Å²) in [6.07, 6.45) is 0.878. The van der Waals surface area contributed by atoms with E-state index in [4.69, 9.17) is 10.5 Å². The number of methoxy groups -OCH3 is 1. The summed E-state index contributed by atoms with van der Waals surface area (Å²) in [7, 11) is 1.71. The van der Waals surface area contributed by atoms with Crippen LogP contribution in [0.1, 0.15) is 28.2 Å². The average molecular weight is 348 g/mol. The van der Waals surface area contributed by atoms with Crippen molar-refractivity contribution >= 4 is 15.9 Å². The molecule has 0 fully saturated rings. The minimum absolute atomic E-state index is 0.299. The molecule has 3 heteroatoms. The van der Waals surface area contributed by atoms with Gasteiger partial charge in [0.1, 0.15) is 5.75 Å². The van der Waals surface area contributed by atoms with Crippen molar-refractivity contribution in [1.82, 2.24) is 0 Å². The van der Waals surface area contributed by atoms with Gasteiger partial charge >= 0.3 is 0 Å². The van der Waals surface area contributed by atoms with Crippen LogP contribution in [0.15, 0.2) is 40.9 Å². The van der Waals surface area contributed by atoms with E-state index < -0.39 is 0 Å². The highest BCUT2D eigenvalue weighted by molar-refractivity contribution is 9.10. The lowest BCUT2D eigenvalue weighted by Gasteiger charge is -2.20. The molecule has 2 N–H and O–H groups in total. The van der Waals surface area contributed by atoms with Crippen molar-refractivity contribution in [2.75, 3.05) is 13.7 Å². The molecule has 0 aromatic heterocycles. The highest BCUT2D eigenvalue weighted by Gasteiger charge is 2.16. The molecule has 2 aromatic rings. The van der Waals surface area contributed by atoms with Gasteiger partial charge in [-0.3, -0.25) is 0 Å². The molecule has 2 aromatic carbocycles. The summed E-state index contributed by atoms with van der Waals surface area (Å²) in [6, 6.07) is 12.7. The first-order valence-corrected chi connectivity index (χ1v) is 7.94. The molecule has 0 saturated heterocycles. The third-order valence-electron chi connectivity index (χ3n) is 3.87. The Bertz CT molecular complexity index is 625. The summed E-state index contributed by atoms with van der Waals surface area (Å²) >= 11 is 3.53.